The molecule has 3 rings (SSSR count). The Morgan fingerprint density at radius 2 is 1.60 bits per heavy atom. The van der Waals surface area contributed by atoms with Gasteiger partial charge in [-0.1, -0.05) is 53.7 Å². The van der Waals surface area contributed by atoms with E-state index in [1.54, 1.807) is 0 Å². The normalized spacial score (nSPS) is 12.1. The van der Waals surface area contributed by atoms with Crippen LogP contribution in [0.1, 0.15) is 18.9 Å². The minimum Gasteiger partial charge on any atom is -0.481 e. The van der Waals surface area contributed by atoms with Crippen molar-refractivity contribution in [1.82, 2.24) is 10.1 Å². The molecule has 0 N–H and O–H groups in total. The van der Waals surface area contributed by atoms with Crippen LogP contribution in [0.25, 0.3) is 11.4 Å². The zero-order valence-electron chi connectivity index (χ0n) is 11.1. The second-order valence-corrected chi connectivity index (χ2v) is 4.40. The summed E-state index contributed by atoms with van der Waals surface area (Å²) in [6, 6.07) is 19.3. The number of ether oxygens (including phenoxy) is 1. The average Bonchev–Trinajstić information content (AvgIpc) is 2.99. The molecule has 100 valence electrons. The fourth-order valence-corrected chi connectivity index (χ4v) is 1.86. The second kappa shape index (κ2) is 5.57. The van der Waals surface area contributed by atoms with Crippen molar-refractivity contribution in [1.29, 1.82) is 0 Å². The van der Waals surface area contributed by atoms with Gasteiger partial charge in [0.25, 0.3) is 5.89 Å². The molecule has 0 radical (unpaired) electrons. The van der Waals surface area contributed by atoms with Crippen LogP contribution in [-0.4, -0.2) is 10.1 Å². The predicted octanol–water partition coefficient (Wildman–Crippen LogP) is 3.88. The monoisotopic (exact) mass is 266 g/mol. The van der Waals surface area contributed by atoms with E-state index >= 15 is 0 Å². The van der Waals surface area contributed by atoms with E-state index in [0.717, 1.165) is 11.3 Å². The fourth-order valence-electron chi connectivity index (χ4n) is 1.86. The van der Waals surface area contributed by atoms with E-state index in [2.05, 4.69) is 10.1 Å². The van der Waals surface area contributed by atoms with Crippen molar-refractivity contribution in [2.45, 2.75) is 13.0 Å². The lowest BCUT2D eigenvalue weighted by Gasteiger charge is -2.09. The molecule has 2 aromatic carbocycles. The van der Waals surface area contributed by atoms with E-state index in [9.17, 15) is 0 Å². The molecule has 0 aliphatic rings. The van der Waals surface area contributed by atoms with Crippen molar-refractivity contribution in [3.8, 4) is 17.1 Å². The first-order valence-corrected chi connectivity index (χ1v) is 6.43. The van der Waals surface area contributed by atoms with Gasteiger partial charge in [-0.2, -0.15) is 4.98 Å². The molecule has 0 saturated carbocycles. The van der Waals surface area contributed by atoms with Gasteiger partial charge in [0.2, 0.25) is 5.82 Å². The summed E-state index contributed by atoms with van der Waals surface area (Å²) in [5.74, 6) is 1.82. The second-order valence-electron chi connectivity index (χ2n) is 4.40. The lowest BCUT2D eigenvalue weighted by atomic mass is 10.2. The number of aromatic nitrogens is 2. The molecule has 1 atom stereocenters. The van der Waals surface area contributed by atoms with Gasteiger partial charge in [0.1, 0.15) is 5.75 Å². The van der Waals surface area contributed by atoms with Crippen LogP contribution in [-0.2, 0) is 0 Å². The van der Waals surface area contributed by atoms with E-state index < -0.39 is 0 Å². The van der Waals surface area contributed by atoms with Crippen molar-refractivity contribution < 1.29 is 9.26 Å². The topological polar surface area (TPSA) is 48.2 Å². The molecular weight excluding hydrogens is 252 g/mol. The summed E-state index contributed by atoms with van der Waals surface area (Å²) in [6.45, 7) is 1.88. The molecule has 1 aromatic heterocycles. The Kier molecular flexibility index (Phi) is 3.46. The number of hydrogen-bond acceptors (Lipinski definition) is 4. The Bertz CT molecular complexity index is 665. The quantitative estimate of drug-likeness (QED) is 0.719. The van der Waals surface area contributed by atoms with Crippen LogP contribution in [0.5, 0.6) is 5.75 Å². The van der Waals surface area contributed by atoms with E-state index in [4.69, 9.17) is 9.26 Å². The third kappa shape index (κ3) is 2.69. The van der Waals surface area contributed by atoms with Crippen molar-refractivity contribution in [3.05, 3.63) is 66.6 Å². The highest BCUT2D eigenvalue weighted by Crippen LogP contribution is 2.22. The van der Waals surface area contributed by atoms with Gasteiger partial charge in [0.05, 0.1) is 0 Å². The van der Waals surface area contributed by atoms with Gasteiger partial charge in [0.15, 0.2) is 6.10 Å². The summed E-state index contributed by atoms with van der Waals surface area (Å²) in [4.78, 5) is 4.37. The maximum Gasteiger partial charge on any atom is 0.267 e. The molecule has 20 heavy (non-hydrogen) atoms. The fraction of sp³-hybridized carbons (Fsp3) is 0.125. The summed E-state index contributed by atoms with van der Waals surface area (Å²) >= 11 is 0. The van der Waals surface area contributed by atoms with Gasteiger partial charge < -0.3 is 9.26 Å². The highest BCUT2D eigenvalue weighted by Gasteiger charge is 2.16. The van der Waals surface area contributed by atoms with Gasteiger partial charge >= 0.3 is 0 Å². The van der Waals surface area contributed by atoms with Crippen LogP contribution >= 0.6 is 0 Å². The zero-order chi connectivity index (χ0) is 13.8. The van der Waals surface area contributed by atoms with E-state index in [-0.39, 0.29) is 6.10 Å². The number of rotatable bonds is 4. The molecule has 0 aliphatic heterocycles. The number of nitrogens with zero attached hydrogens (tertiary/aromatic N) is 2. The SMILES string of the molecule is C[C@@H](Oc1ccccc1)c1nc(-c2ccccc2)no1. The van der Waals surface area contributed by atoms with Crippen LogP contribution in [0.15, 0.2) is 65.2 Å². The van der Waals surface area contributed by atoms with Crippen molar-refractivity contribution in [3.63, 3.8) is 0 Å². The molecule has 4 heteroatoms. The van der Waals surface area contributed by atoms with Crippen molar-refractivity contribution >= 4 is 0 Å². The Morgan fingerprint density at radius 3 is 2.30 bits per heavy atom. The minimum atomic E-state index is -0.289. The molecule has 0 unspecified atom stereocenters. The van der Waals surface area contributed by atoms with Crippen molar-refractivity contribution in [2.75, 3.05) is 0 Å². The molecule has 0 amide bonds. The molecule has 0 bridgehead atoms. The minimum absolute atomic E-state index is 0.289. The van der Waals surface area contributed by atoms with Crippen LogP contribution in [0.2, 0.25) is 0 Å². The van der Waals surface area contributed by atoms with Crippen LogP contribution < -0.4 is 4.74 Å². The Hall–Kier alpha value is -2.62. The lowest BCUT2D eigenvalue weighted by molar-refractivity contribution is 0.176. The molecule has 0 fully saturated rings. The average molecular weight is 266 g/mol. The molecular formula is C16H14N2O2. The molecule has 3 aromatic rings. The highest BCUT2D eigenvalue weighted by atomic mass is 16.5. The predicted molar refractivity (Wildman–Crippen MR) is 75.2 cm³/mol. The summed E-state index contributed by atoms with van der Waals surface area (Å²) in [7, 11) is 0. The summed E-state index contributed by atoms with van der Waals surface area (Å²) in [5, 5.41) is 3.98. The highest BCUT2D eigenvalue weighted by molar-refractivity contribution is 5.53. The van der Waals surface area contributed by atoms with Gasteiger partial charge in [-0.3, -0.25) is 0 Å². The number of para-hydroxylation sites is 1. The van der Waals surface area contributed by atoms with E-state index in [1.165, 1.54) is 0 Å². The number of hydrogen-bond donors (Lipinski definition) is 0. The first-order valence-electron chi connectivity index (χ1n) is 6.43. The maximum absolute atomic E-state index is 5.75. The maximum atomic E-state index is 5.75. The summed E-state index contributed by atoms with van der Waals surface area (Å²) in [6.07, 6.45) is -0.289. The lowest BCUT2D eigenvalue weighted by Crippen LogP contribution is -2.03. The summed E-state index contributed by atoms with van der Waals surface area (Å²) in [5.41, 5.74) is 0.925. The number of benzene rings is 2. The standard InChI is InChI=1S/C16H14N2O2/c1-12(19-14-10-6-3-7-11-14)16-17-15(18-20-16)13-8-4-2-5-9-13/h2-12H,1H3/t12-/m1/s1. The molecule has 0 saturated heterocycles. The molecule has 0 spiro atoms. The smallest absolute Gasteiger partial charge is 0.267 e. The van der Waals surface area contributed by atoms with E-state index in [1.807, 2.05) is 67.6 Å². The Morgan fingerprint density at radius 1 is 0.950 bits per heavy atom. The van der Waals surface area contributed by atoms with Gasteiger partial charge in [0, 0.05) is 5.56 Å². The molecule has 0 aliphatic carbocycles. The van der Waals surface area contributed by atoms with Gasteiger partial charge in [-0.05, 0) is 19.1 Å². The van der Waals surface area contributed by atoms with E-state index in [0.29, 0.717) is 11.7 Å². The first-order chi connectivity index (χ1) is 9.83. The van der Waals surface area contributed by atoms with Gasteiger partial charge in [-0.15, -0.1) is 0 Å². The van der Waals surface area contributed by atoms with Crippen LogP contribution in [0.4, 0.5) is 0 Å². The largest absolute Gasteiger partial charge is 0.481 e. The summed E-state index contributed by atoms with van der Waals surface area (Å²) < 4.78 is 11.0. The Balaban J connectivity index is 1.77. The van der Waals surface area contributed by atoms with Crippen molar-refractivity contribution in [2.24, 2.45) is 0 Å². The Labute approximate surface area is 117 Å². The third-order valence-electron chi connectivity index (χ3n) is 2.88. The molecule has 4 nitrogen and oxygen atoms in total. The van der Waals surface area contributed by atoms with Crippen LogP contribution in [0, 0.1) is 0 Å². The molecule has 1 heterocycles. The zero-order valence-corrected chi connectivity index (χ0v) is 11.1. The third-order valence-corrected chi connectivity index (χ3v) is 2.88. The van der Waals surface area contributed by atoms with Gasteiger partial charge in [-0.25, -0.2) is 0 Å². The first kappa shape index (κ1) is 12.4. The van der Waals surface area contributed by atoms with Crippen LogP contribution in [0.3, 0.4) is 0 Å².